The molecule has 0 atom stereocenters. The maximum absolute atomic E-state index is 4.91. The Bertz CT molecular complexity index is 965. The van der Waals surface area contributed by atoms with Gasteiger partial charge in [-0.1, -0.05) is 38.1 Å². The van der Waals surface area contributed by atoms with E-state index in [-0.39, 0.29) is 0 Å². The first kappa shape index (κ1) is 11.6. The Kier molecular flexibility index (Phi) is 2.40. The molecule has 2 aromatic carbocycles. The first-order valence-corrected chi connectivity index (χ1v) is 7.25. The highest BCUT2D eigenvalue weighted by Gasteiger charge is 2.18. The molecule has 2 heterocycles. The van der Waals surface area contributed by atoms with Crippen LogP contribution in [-0.2, 0) is 0 Å². The molecule has 0 aliphatic carbocycles. The zero-order valence-corrected chi connectivity index (χ0v) is 11.8. The standard InChI is InChI=1S/C18H16N2/c1-3-11-12-9-10-16-17(18(12)20-14(11)4-2)13-7-5-6-8-15(13)19-16/h5-10H,3-4H2,1-2H3. The van der Waals surface area contributed by atoms with E-state index in [1.165, 1.54) is 27.3 Å². The van der Waals surface area contributed by atoms with Gasteiger partial charge in [0.05, 0.1) is 16.4 Å². The zero-order chi connectivity index (χ0) is 13.7. The molecule has 4 rings (SSSR count). The van der Waals surface area contributed by atoms with Crippen molar-refractivity contribution < 1.29 is 0 Å². The summed E-state index contributed by atoms with van der Waals surface area (Å²) in [5, 5.41) is 4.63. The lowest BCUT2D eigenvalue weighted by atomic mass is 10.0. The van der Waals surface area contributed by atoms with E-state index in [0.29, 0.717) is 0 Å². The molecule has 2 nitrogen and oxygen atoms in total. The highest BCUT2D eigenvalue weighted by Crippen LogP contribution is 2.29. The molecular weight excluding hydrogens is 244 g/mol. The molecule has 0 amide bonds. The second-order valence-electron chi connectivity index (χ2n) is 5.23. The fourth-order valence-corrected chi connectivity index (χ4v) is 3.26. The highest BCUT2D eigenvalue weighted by atomic mass is 14.8. The number of allylic oxidation sites excluding steroid dienone is 2. The Morgan fingerprint density at radius 3 is 2.55 bits per heavy atom. The Hall–Kier alpha value is -2.22. The molecule has 20 heavy (non-hydrogen) atoms. The van der Waals surface area contributed by atoms with E-state index in [0.717, 1.165) is 29.2 Å². The number of benzene rings is 2. The molecule has 2 aliphatic heterocycles. The van der Waals surface area contributed by atoms with E-state index in [1.807, 2.05) is 6.07 Å². The minimum Gasteiger partial charge on any atom is -0.252 e. The van der Waals surface area contributed by atoms with Gasteiger partial charge < -0.3 is 0 Å². The summed E-state index contributed by atoms with van der Waals surface area (Å²) in [6, 6.07) is 12.7. The summed E-state index contributed by atoms with van der Waals surface area (Å²) in [5.74, 6) is 0. The average molecular weight is 260 g/mol. The fourth-order valence-electron chi connectivity index (χ4n) is 3.26. The lowest BCUT2D eigenvalue weighted by Crippen LogP contribution is -2.08. The first-order chi connectivity index (χ1) is 9.83. The monoisotopic (exact) mass is 260 g/mol. The number of hydrogen-bond acceptors (Lipinski definition) is 2. The number of rotatable bonds is 2. The molecule has 0 spiro atoms. The van der Waals surface area contributed by atoms with Crippen LogP contribution in [0.2, 0.25) is 0 Å². The van der Waals surface area contributed by atoms with Crippen molar-refractivity contribution >= 4 is 11.3 Å². The van der Waals surface area contributed by atoms with Crippen molar-refractivity contribution in [3.05, 3.63) is 68.8 Å². The van der Waals surface area contributed by atoms with Crippen LogP contribution in [0.3, 0.4) is 0 Å². The van der Waals surface area contributed by atoms with Crippen LogP contribution in [-0.4, -0.2) is 0 Å². The normalized spacial score (nSPS) is 14.5. The maximum atomic E-state index is 4.91. The van der Waals surface area contributed by atoms with Gasteiger partial charge in [0.25, 0.3) is 0 Å². The average Bonchev–Trinajstić information content (AvgIpc) is 3.03. The zero-order valence-electron chi connectivity index (χ0n) is 11.8. The van der Waals surface area contributed by atoms with E-state index < -0.39 is 0 Å². The minimum absolute atomic E-state index is 0.991. The molecule has 0 fully saturated rings. The maximum Gasteiger partial charge on any atom is 0.0809 e. The van der Waals surface area contributed by atoms with Crippen LogP contribution < -0.4 is 10.7 Å². The quantitative estimate of drug-likeness (QED) is 0.674. The van der Waals surface area contributed by atoms with Crippen LogP contribution in [0.25, 0.3) is 5.57 Å². The molecule has 2 aromatic rings. The Morgan fingerprint density at radius 2 is 1.75 bits per heavy atom. The van der Waals surface area contributed by atoms with Crippen LogP contribution >= 0.6 is 0 Å². The van der Waals surface area contributed by atoms with Crippen molar-refractivity contribution in [2.45, 2.75) is 26.7 Å². The van der Waals surface area contributed by atoms with E-state index in [9.17, 15) is 0 Å². The molecule has 0 aromatic heterocycles. The summed E-state index contributed by atoms with van der Waals surface area (Å²) in [7, 11) is 0. The van der Waals surface area contributed by atoms with Crippen molar-refractivity contribution in [1.29, 1.82) is 0 Å². The number of para-hydroxylation sites is 1. The largest absolute Gasteiger partial charge is 0.252 e. The summed E-state index contributed by atoms with van der Waals surface area (Å²) in [5.41, 5.74) is 4.99. The first-order valence-electron chi connectivity index (χ1n) is 7.25. The van der Waals surface area contributed by atoms with Crippen molar-refractivity contribution in [2.75, 3.05) is 0 Å². The van der Waals surface area contributed by atoms with Crippen molar-refractivity contribution in [2.24, 2.45) is 9.98 Å². The van der Waals surface area contributed by atoms with Gasteiger partial charge in [0.1, 0.15) is 0 Å². The predicted molar refractivity (Wildman–Crippen MR) is 80.0 cm³/mol. The third-order valence-electron chi connectivity index (χ3n) is 4.18. The Balaban J connectivity index is 2.21. The molecule has 0 N–H and O–H groups in total. The molecule has 0 bridgehead atoms. The minimum atomic E-state index is 0.991. The molecule has 0 saturated heterocycles. The van der Waals surface area contributed by atoms with Crippen LogP contribution in [0.1, 0.15) is 32.3 Å². The number of nitrogens with zero attached hydrogens (tertiary/aromatic N) is 2. The molecule has 2 aliphatic rings. The summed E-state index contributed by atoms with van der Waals surface area (Å²) in [6.07, 6.45) is 2.03. The molecule has 0 radical (unpaired) electrons. The molecule has 98 valence electrons. The lowest BCUT2D eigenvalue weighted by Gasteiger charge is -2.02. The van der Waals surface area contributed by atoms with Crippen LogP contribution in [0, 0.1) is 10.4 Å². The van der Waals surface area contributed by atoms with Crippen molar-refractivity contribution in [3.8, 4) is 0 Å². The second-order valence-corrected chi connectivity index (χ2v) is 5.23. The van der Waals surface area contributed by atoms with Gasteiger partial charge in [0.2, 0.25) is 0 Å². The van der Waals surface area contributed by atoms with E-state index >= 15 is 0 Å². The van der Waals surface area contributed by atoms with Crippen molar-refractivity contribution in [3.63, 3.8) is 0 Å². The second kappa shape index (κ2) is 4.14. The molecule has 0 saturated carbocycles. The lowest BCUT2D eigenvalue weighted by molar-refractivity contribution is 1.04. The Labute approximate surface area is 117 Å². The van der Waals surface area contributed by atoms with Gasteiger partial charge in [-0.05, 0) is 30.5 Å². The van der Waals surface area contributed by atoms with Gasteiger partial charge in [0, 0.05) is 21.7 Å². The van der Waals surface area contributed by atoms with Crippen LogP contribution in [0.5, 0.6) is 0 Å². The van der Waals surface area contributed by atoms with Crippen LogP contribution in [0.4, 0.5) is 5.69 Å². The molecular formula is C18H16N2. The van der Waals surface area contributed by atoms with Gasteiger partial charge in [-0.25, -0.2) is 4.99 Å². The van der Waals surface area contributed by atoms with Gasteiger partial charge in [-0.15, -0.1) is 0 Å². The summed E-state index contributed by atoms with van der Waals surface area (Å²) < 4.78 is 0. The molecule has 0 unspecified atom stereocenters. The predicted octanol–water partition coefficient (Wildman–Crippen LogP) is 3.40. The topological polar surface area (TPSA) is 24.7 Å². The van der Waals surface area contributed by atoms with E-state index in [4.69, 9.17) is 9.98 Å². The Morgan fingerprint density at radius 1 is 0.900 bits per heavy atom. The smallest absolute Gasteiger partial charge is 0.0809 e. The third kappa shape index (κ3) is 1.39. The highest BCUT2D eigenvalue weighted by molar-refractivity contribution is 5.72. The van der Waals surface area contributed by atoms with Crippen molar-refractivity contribution in [1.82, 2.24) is 0 Å². The van der Waals surface area contributed by atoms with Gasteiger partial charge in [-0.3, -0.25) is 4.99 Å². The van der Waals surface area contributed by atoms with Gasteiger partial charge in [0.15, 0.2) is 0 Å². The van der Waals surface area contributed by atoms with E-state index in [1.54, 1.807) is 0 Å². The third-order valence-corrected chi connectivity index (χ3v) is 4.18. The summed E-state index contributed by atoms with van der Waals surface area (Å²) in [6.45, 7) is 4.39. The van der Waals surface area contributed by atoms with Crippen LogP contribution in [0.15, 0.2) is 52.1 Å². The summed E-state index contributed by atoms with van der Waals surface area (Å²) >= 11 is 0. The fraction of sp³-hybridized carbons (Fsp3) is 0.222. The van der Waals surface area contributed by atoms with Gasteiger partial charge in [-0.2, -0.15) is 0 Å². The molecule has 2 heteroatoms. The summed E-state index contributed by atoms with van der Waals surface area (Å²) in [4.78, 5) is 9.63. The number of hydrogen-bond donors (Lipinski definition) is 0. The SMILES string of the molecule is CCC1=C(CC)c2ccc3c(c2=N1)=c1ccccc1=N3. The van der Waals surface area contributed by atoms with E-state index in [2.05, 4.69) is 44.2 Å². The number of fused-ring (bicyclic) bond motifs is 4. The van der Waals surface area contributed by atoms with Gasteiger partial charge >= 0.3 is 0 Å².